The van der Waals surface area contributed by atoms with Crippen molar-refractivity contribution < 1.29 is 13.6 Å². The molecule has 0 aliphatic heterocycles. The Bertz CT molecular complexity index is 1290. The molecule has 36 heavy (non-hydrogen) atoms. The smallest absolute Gasteiger partial charge is 0.257 e. The number of rotatable bonds is 10. The van der Waals surface area contributed by atoms with Gasteiger partial charge in [-0.05, 0) is 31.0 Å². The van der Waals surface area contributed by atoms with Gasteiger partial charge in [-0.2, -0.15) is 0 Å². The third-order valence-corrected chi connectivity index (χ3v) is 6.59. The van der Waals surface area contributed by atoms with Gasteiger partial charge in [0.2, 0.25) is 0 Å². The fraction of sp³-hybridized carbons (Fsp3) is 0.296. The first-order valence-corrected chi connectivity index (χ1v) is 12.8. The molecule has 2 aromatic carbocycles. The summed E-state index contributed by atoms with van der Waals surface area (Å²) in [4.78, 5) is 24.7. The van der Waals surface area contributed by atoms with Crippen molar-refractivity contribution in [3.63, 3.8) is 0 Å². The van der Waals surface area contributed by atoms with Gasteiger partial charge >= 0.3 is 0 Å². The van der Waals surface area contributed by atoms with Crippen LogP contribution < -0.4 is 5.73 Å². The van der Waals surface area contributed by atoms with Gasteiger partial charge in [-0.15, -0.1) is 11.3 Å². The van der Waals surface area contributed by atoms with Crippen LogP contribution in [0.2, 0.25) is 0 Å². The number of nitrogens with zero attached hydrogens (tertiary/aromatic N) is 4. The molecule has 9 heteroatoms. The highest BCUT2D eigenvalue weighted by atomic mass is 32.1. The summed E-state index contributed by atoms with van der Waals surface area (Å²) in [6, 6.07) is 12.3. The number of halogens is 2. The Morgan fingerprint density at radius 3 is 2.58 bits per heavy atom. The minimum absolute atomic E-state index is 0.0598. The van der Waals surface area contributed by atoms with Gasteiger partial charge in [-0.3, -0.25) is 4.79 Å². The van der Waals surface area contributed by atoms with Crippen molar-refractivity contribution in [2.24, 2.45) is 11.7 Å². The summed E-state index contributed by atoms with van der Waals surface area (Å²) in [5.74, 6) is -1.54. The molecule has 1 amide bonds. The number of imidazole rings is 1. The molecule has 0 bridgehead atoms. The minimum atomic E-state index is -0.893. The second-order valence-corrected chi connectivity index (χ2v) is 9.63. The van der Waals surface area contributed by atoms with E-state index in [-0.39, 0.29) is 11.5 Å². The van der Waals surface area contributed by atoms with Crippen molar-refractivity contribution in [1.82, 2.24) is 19.4 Å². The number of hydrogen-bond acceptors (Lipinski definition) is 5. The molecule has 0 unspecified atom stereocenters. The molecular weight excluding hydrogens is 480 g/mol. The number of benzene rings is 2. The van der Waals surface area contributed by atoms with Gasteiger partial charge in [0.05, 0.1) is 35.0 Å². The van der Waals surface area contributed by atoms with E-state index < -0.39 is 23.6 Å². The molecule has 2 N–H and O–H groups in total. The molecule has 4 rings (SSSR count). The summed E-state index contributed by atoms with van der Waals surface area (Å²) in [6.45, 7) is 5.14. The van der Waals surface area contributed by atoms with Crippen LogP contribution in [0, 0.1) is 17.6 Å². The average Bonchev–Trinajstić information content (AvgIpc) is 3.52. The molecule has 188 valence electrons. The van der Waals surface area contributed by atoms with Crippen LogP contribution >= 0.6 is 11.3 Å². The average molecular weight is 510 g/mol. The predicted molar refractivity (Wildman–Crippen MR) is 138 cm³/mol. The van der Waals surface area contributed by atoms with Gasteiger partial charge < -0.3 is 15.2 Å². The maximum absolute atomic E-state index is 14.7. The topological polar surface area (TPSA) is 77.0 Å². The third kappa shape index (κ3) is 5.68. The van der Waals surface area contributed by atoms with Crippen LogP contribution in [0.15, 0.2) is 65.6 Å². The Balaban J connectivity index is 1.82. The van der Waals surface area contributed by atoms with E-state index in [0.29, 0.717) is 31.9 Å². The number of thiazole rings is 1. The molecule has 0 saturated heterocycles. The molecule has 0 aliphatic carbocycles. The first-order valence-electron chi connectivity index (χ1n) is 11.8. The maximum atomic E-state index is 14.7. The van der Waals surface area contributed by atoms with Crippen molar-refractivity contribution in [2.75, 3.05) is 13.1 Å². The van der Waals surface area contributed by atoms with Gasteiger partial charge in [0.25, 0.3) is 5.91 Å². The third-order valence-electron chi connectivity index (χ3n) is 5.95. The lowest BCUT2D eigenvalue weighted by atomic mass is 9.99. The first-order chi connectivity index (χ1) is 17.4. The van der Waals surface area contributed by atoms with E-state index in [0.717, 1.165) is 29.1 Å². The highest BCUT2D eigenvalue weighted by Crippen LogP contribution is 2.33. The fourth-order valence-electron chi connectivity index (χ4n) is 4.27. The van der Waals surface area contributed by atoms with E-state index in [2.05, 4.69) is 4.98 Å². The van der Waals surface area contributed by atoms with E-state index in [1.807, 2.05) is 60.3 Å². The zero-order valence-corrected chi connectivity index (χ0v) is 21.1. The maximum Gasteiger partial charge on any atom is 0.257 e. The van der Waals surface area contributed by atoms with Crippen LogP contribution in [0.1, 0.15) is 48.2 Å². The molecule has 6 nitrogen and oxygen atoms in total. The number of carbonyl (C=O) groups excluding carboxylic acids is 1. The lowest BCUT2D eigenvalue weighted by molar-refractivity contribution is 0.0599. The van der Waals surface area contributed by atoms with Crippen molar-refractivity contribution in [1.29, 1.82) is 0 Å². The van der Waals surface area contributed by atoms with E-state index in [4.69, 9.17) is 10.7 Å². The van der Waals surface area contributed by atoms with Crippen LogP contribution in [0.5, 0.6) is 0 Å². The number of hydrogen-bond donors (Lipinski definition) is 1. The lowest BCUT2D eigenvalue weighted by Gasteiger charge is -2.34. The van der Waals surface area contributed by atoms with Crippen molar-refractivity contribution >= 4 is 17.2 Å². The molecule has 0 spiro atoms. The summed E-state index contributed by atoms with van der Waals surface area (Å²) < 4.78 is 30.2. The SMILES string of the molecule is CC(C)[C@H](c1nc(-c2ccccc2)cn1Cc1cscn1)N(CCCN)C(=O)c1ccc(F)cc1F. The van der Waals surface area contributed by atoms with E-state index in [9.17, 15) is 13.6 Å². The molecule has 0 aliphatic rings. The Morgan fingerprint density at radius 1 is 1.17 bits per heavy atom. The molecule has 0 saturated carbocycles. The quantitative estimate of drug-likeness (QED) is 0.305. The zero-order valence-electron chi connectivity index (χ0n) is 20.3. The van der Waals surface area contributed by atoms with E-state index in [1.54, 1.807) is 10.4 Å². The van der Waals surface area contributed by atoms with Gasteiger partial charge in [0.1, 0.15) is 17.5 Å². The van der Waals surface area contributed by atoms with Gasteiger partial charge in [0, 0.05) is 29.8 Å². The molecule has 4 aromatic rings. The molecular formula is C27H29F2N5OS. The van der Waals surface area contributed by atoms with Crippen LogP contribution in [-0.4, -0.2) is 38.4 Å². The number of amides is 1. The summed E-state index contributed by atoms with van der Waals surface area (Å²) in [6.07, 6.45) is 2.49. The number of carbonyl (C=O) groups is 1. The Hall–Kier alpha value is -3.43. The standard InChI is InChI=1S/C27H29F2N5OS/c1-18(2)25(34(12-6-11-30)27(35)22-10-9-20(28)13-23(22)29)26-32-24(19-7-4-3-5-8-19)15-33(26)14-21-16-36-17-31-21/h3-5,7-10,13,15-18,25H,6,11-12,14,30H2,1-2H3/t25-/m1/s1. The fourth-order valence-corrected chi connectivity index (χ4v) is 4.82. The monoisotopic (exact) mass is 509 g/mol. The highest BCUT2D eigenvalue weighted by Gasteiger charge is 2.33. The van der Waals surface area contributed by atoms with Gasteiger partial charge in [-0.25, -0.2) is 18.7 Å². The van der Waals surface area contributed by atoms with Crippen LogP contribution in [0.3, 0.4) is 0 Å². The van der Waals surface area contributed by atoms with Crippen molar-refractivity contribution in [3.8, 4) is 11.3 Å². The highest BCUT2D eigenvalue weighted by molar-refractivity contribution is 7.07. The van der Waals surface area contributed by atoms with Gasteiger partial charge in [-0.1, -0.05) is 44.2 Å². The molecule has 2 aromatic heterocycles. The second-order valence-electron chi connectivity index (χ2n) is 8.91. The summed E-state index contributed by atoms with van der Waals surface area (Å²) in [7, 11) is 0. The number of nitrogens with two attached hydrogens (primary N) is 1. The number of aromatic nitrogens is 3. The van der Waals surface area contributed by atoms with E-state index in [1.165, 1.54) is 17.4 Å². The Labute approximate surface area is 213 Å². The summed E-state index contributed by atoms with van der Waals surface area (Å²) in [5.41, 5.74) is 9.98. The molecule has 2 heterocycles. The molecule has 0 fully saturated rings. The summed E-state index contributed by atoms with van der Waals surface area (Å²) >= 11 is 1.51. The van der Waals surface area contributed by atoms with Crippen LogP contribution in [0.25, 0.3) is 11.3 Å². The normalized spacial score (nSPS) is 12.2. The Morgan fingerprint density at radius 2 is 1.94 bits per heavy atom. The Kier molecular flexibility index (Phi) is 8.22. The molecule has 0 radical (unpaired) electrons. The van der Waals surface area contributed by atoms with Crippen molar-refractivity contribution in [3.05, 3.63) is 94.3 Å². The largest absolute Gasteiger partial charge is 0.330 e. The second kappa shape index (κ2) is 11.5. The van der Waals surface area contributed by atoms with E-state index >= 15 is 0 Å². The van der Waals surface area contributed by atoms with Crippen LogP contribution in [-0.2, 0) is 6.54 Å². The first kappa shape index (κ1) is 25.7. The summed E-state index contributed by atoms with van der Waals surface area (Å²) in [5, 5.41) is 1.97. The van der Waals surface area contributed by atoms with Gasteiger partial charge in [0.15, 0.2) is 0 Å². The predicted octanol–water partition coefficient (Wildman–Crippen LogP) is 5.52. The molecule has 1 atom stereocenters. The van der Waals surface area contributed by atoms with Crippen LogP contribution in [0.4, 0.5) is 8.78 Å². The van der Waals surface area contributed by atoms with Crippen molar-refractivity contribution in [2.45, 2.75) is 32.9 Å². The zero-order chi connectivity index (χ0) is 25.7. The minimum Gasteiger partial charge on any atom is -0.330 e. The lowest BCUT2D eigenvalue weighted by Crippen LogP contribution is -2.40.